The maximum atomic E-state index is 12.7. The van der Waals surface area contributed by atoms with E-state index in [-0.39, 0.29) is 21.5 Å². The zero-order valence-electron chi connectivity index (χ0n) is 17.3. The average Bonchev–Trinajstić information content (AvgIpc) is 2.83. The summed E-state index contributed by atoms with van der Waals surface area (Å²) in [5.74, 6) is 2.26. The summed E-state index contributed by atoms with van der Waals surface area (Å²) in [5.41, 5.74) is 1.66. The summed E-state index contributed by atoms with van der Waals surface area (Å²) in [5, 5.41) is 10.7. The van der Waals surface area contributed by atoms with Gasteiger partial charge >= 0.3 is 0 Å². The summed E-state index contributed by atoms with van der Waals surface area (Å²) in [6.07, 6.45) is 10.2. The lowest BCUT2D eigenvalue weighted by Crippen LogP contribution is -2.56. The van der Waals surface area contributed by atoms with Crippen molar-refractivity contribution in [2.45, 2.75) is 89.2 Å². The Balaban J connectivity index is 1.77. The maximum Gasteiger partial charge on any atom is 0.139 e. The molecule has 0 aliphatic heterocycles. The normalized spacial score (nSPS) is 49.9. The molecular formula is C23H36O2S2. The molecule has 2 nitrogen and oxygen atoms in total. The number of aliphatic hydroxyl groups is 1. The fraction of sp³-hybridized carbons (Fsp3) is 0.870. The van der Waals surface area contributed by atoms with Crippen molar-refractivity contribution < 1.29 is 9.90 Å². The molecule has 0 bridgehead atoms. The highest BCUT2D eigenvalue weighted by Gasteiger charge is 2.62. The number of hydrogen-bond acceptors (Lipinski definition) is 4. The van der Waals surface area contributed by atoms with Crippen LogP contribution in [0.2, 0.25) is 0 Å². The summed E-state index contributed by atoms with van der Waals surface area (Å²) in [6.45, 7) is 9.26. The van der Waals surface area contributed by atoms with Gasteiger partial charge in [0.2, 0.25) is 0 Å². The largest absolute Gasteiger partial charge is 0.378 e. The number of fused-ring (bicyclic) bond motifs is 5. The molecule has 4 heteroatoms. The van der Waals surface area contributed by atoms with E-state index in [0.717, 1.165) is 44.9 Å². The molecule has 7 atom stereocenters. The summed E-state index contributed by atoms with van der Waals surface area (Å²) < 4.78 is 0. The topological polar surface area (TPSA) is 37.3 Å². The van der Waals surface area contributed by atoms with Gasteiger partial charge in [0.05, 0.1) is 0 Å². The standard InChI is InChI=1S/C23H36O2S2/c1-20(2,3)13-22-12-19(26)23(25,27)11-14(22)5-6-15-16-7-8-18(24)21(16,4)10-9-17(15)22/h5,15-17,19,25-27H,6-13H2,1-4H3/t15-,16-,17-,19?,21-,22+,23-/m0/s1. The van der Waals surface area contributed by atoms with Gasteiger partial charge in [-0.3, -0.25) is 4.79 Å². The second-order valence-corrected chi connectivity index (χ2v) is 12.8. The van der Waals surface area contributed by atoms with E-state index < -0.39 is 4.93 Å². The molecule has 0 spiro atoms. The molecule has 1 N–H and O–H groups in total. The van der Waals surface area contributed by atoms with Gasteiger partial charge < -0.3 is 5.11 Å². The molecule has 0 saturated heterocycles. The average molecular weight is 409 g/mol. The number of Topliss-reactive ketones (excluding diaryl/α,β-unsaturated/α-hetero) is 1. The van der Waals surface area contributed by atoms with Crippen LogP contribution < -0.4 is 0 Å². The predicted molar refractivity (Wildman–Crippen MR) is 117 cm³/mol. The summed E-state index contributed by atoms with van der Waals surface area (Å²) in [4.78, 5) is 11.6. The summed E-state index contributed by atoms with van der Waals surface area (Å²) >= 11 is 9.39. The van der Waals surface area contributed by atoms with E-state index in [4.69, 9.17) is 12.6 Å². The number of rotatable bonds is 1. The number of allylic oxidation sites excluding steroid dienone is 1. The SMILES string of the molecule is CC(C)(C)C[C@]12CC(S)[C@@](O)(S)CC1=CC[C@@H]1[C@@H]2CC[C@]2(C)C(=O)CC[C@@H]12. The number of hydrogen-bond donors (Lipinski definition) is 3. The molecule has 4 aliphatic rings. The van der Waals surface area contributed by atoms with Crippen LogP contribution in [0.3, 0.4) is 0 Å². The third-order valence-electron chi connectivity index (χ3n) is 8.52. The molecule has 0 aromatic heterocycles. The minimum absolute atomic E-state index is 0.0885. The molecule has 27 heavy (non-hydrogen) atoms. The molecule has 0 radical (unpaired) electrons. The highest BCUT2D eigenvalue weighted by molar-refractivity contribution is 7.85. The van der Waals surface area contributed by atoms with Crippen LogP contribution in [0.1, 0.15) is 79.1 Å². The molecule has 0 amide bonds. The Hall–Kier alpha value is 0.0700. The van der Waals surface area contributed by atoms with Crippen LogP contribution in [-0.4, -0.2) is 21.1 Å². The van der Waals surface area contributed by atoms with E-state index in [0.29, 0.717) is 30.0 Å². The van der Waals surface area contributed by atoms with Crippen molar-refractivity contribution in [3.05, 3.63) is 11.6 Å². The Morgan fingerprint density at radius 3 is 2.63 bits per heavy atom. The summed E-state index contributed by atoms with van der Waals surface area (Å²) in [7, 11) is 0. The van der Waals surface area contributed by atoms with E-state index in [2.05, 4.69) is 46.4 Å². The van der Waals surface area contributed by atoms with Gasteiger partial charge in [0.15, 0.2) is 0 Å². The third-order valence-corrected chi connectivity index (χ3v) is 9.80. The molecule has 3 saturated carbocycles. The van der Waals surface area contributed by atoms with Crippen molar-refractivity contribution in [3.8, 4) is 0 Å². The third kappa shape index (κ3) is 3.08. The molecule has 0 aromatic rings. The van der Waals surface area contributed by atoms with Crippen LogP contribution in [-0.2, 0) is 4.79 Å². The molecule has 1 unspecified atom stereocenters. The van der Waals surface area contributed by atoms with E-state index in [1.807, 2.05) is 0 Å². The van der Waals surface area contributed by atoms with Gasteiger partial charge in [-0.25, -0.2) is 0 Å². The van der Waals surface area contributed by atoms with E-state index in [9.17, 15) is 9.90 Å². The zero-order chi connectivity index (χ0) is 19.8. The first-order valence-electron chi connectivity index (χ1n) is 10.7. The van der Waals surface area contributed by atoms with Crippen molar-refractivity contribution in [1.82, 2.24) is 0 Å². The molecule has 4 aliphatic carbocycles. The number of thiol groups is 2. The molecule has 0 aromatic carbocycles. The highest BCUT2D eigenvalue weighted by Crippen LogP contribution is 2.67. The first kappa shape index (κ1) is 20.3. The zero-order valence-corrected chi connectivity index (χ0v) is 19.1. The Labute approximate surface area is 175 Å². The van der Waals surface area contributed by atoms with Gasteiger partial charge in [-0.15, -0.1) is 12.6 Å². The van der Waals surface area contributed by atoms with Gasteiger partial charge in [-0.2, -0.15) is 12.6 Å². The van der Waals surface area contributed by atoms with E-state index >= 15 is 0 Å². The van der Waals surface area contributed by atoms with Crippen LogP contribution in [0, 0.1) is 34.0 Å². The van der Waals surface area contributed by atoms with Crippen molar-refractivity contribution in [3.63, 3.8) is 0 Å². The number of ketones is 1. The van der Waals surface area contributed by atoms with Gasteiger partial charge in [-0.1, -0.05) is 39.3 Å². The van der Waals surface area contributed by atoms with Crippen LogP contribution in [0.25, 0.3) is 0 Å². The van der Waals surface area contributed by atoms with Crippen LogP contribution in [0.4, 0.5) is 0 Å². The second-order valence-electron chi connectivity index (χ2n) is 11.4. The monoisotopic (exact) mass is 408 g/mol. The Bertz CT molecular complexity index is 676. The fourth-order valence-electron chi connectivity index (χ4n) is 7.49. The minimum atomic E-state index is -1.02. The van der Waals surface area contributed by atoms with Gasteiger partial charge in [0.25, 0.3) is 0 Å². The van der Waals surface area contributed by atoms with E-state index in [1.165, 1.54) is 5.57 Å². The Morgan fingerprint density at radius 2 is 1.96 bits per heavy atom. The molecule has 152 valence electrons. The highest BCUT2D eigenvalue weighted by atomic mass is 32.1. The van der Waals surface area contributed by atoms with Gasteiger partial charge in [-0.05, 0) is 67.1 Å². The van der Waals surface area contributed by atoms with Crippen molar-refractivity contribution in [1.29, 1.82) is 0 Å². The number of carbonyl (C=O) groups is 1. The predicted octanol–water partition coefficient (Wildman–Crippen LogP) is 5.46. The summed E-state index contributed by atoms with van der Waals surface area (Å²) in [6, 6.07) is 0. The second kappa shape index (κ2) is 6.28. The lowest BCUT2D eigenvalue weighted by Gasteiger charge is -2.61. The first-order valence-corrected chi connectivity index (χ1v) is 11.7. The van der Waals surface area contributed by atoms with Crippen molar-refractivity contribution in [2.24, 2.45) is 34.0 Å². The lowest BCUT2D eigenvalue weighted by molar-refractivity contribution is -0.133. The lowest BCUT2D eigenvalue weighted by atomic mass is 9.45. The fourth-order valence-corrected chi connectivity index (χ4v) is 8.17. The Kier molecular flexibility index (Phi) is 4.73. The Morgan fingerprint density at radius 1 is 1.26 bits per heavy atom. The van der Waals surface area contributed by atoms with Gasteiger partial charge in [0.1, 0.15) is 10.7 Å². The molecular weight excluding hydrogens is 372 g/mol. The molecule has 4 rings (SSSR count). The van der Waals surface area contributed by atoms with Gasteiger partial charge in [0, 0.05) is 23.5 Å². The quantitative estimate of drug-likeness (QED) is 0.306. The van der Waals surface area contributed by atoms with Crippen LogP contribution in [0.15, 0.2) is 11.6 Å². The van der Waals surface area contributed by atoms with Crippen LogP contribution in [0.5, 0.6) is 0 Å². The first-order chi connectivity index (χ1) is 12.4. The molecule has 3 fully saturated rings. The van der Waals surface area contributed by atoms with E-state index in [1.54, 1.807) is 0 Å². The van der Waals surface area contributed by atoms with Crippen LogP contribution >= 0.6 is 25.3 Å². The maximum absolute atomic E-state index is 12.7. The van der Waals surface area contributed by atoms with Crippen molar-refractivity contribution in [2.75, 3.05) is 0 Å². The number of carbonyl (C=O) groups excluding carboxylic acids is 1. The minimum Gasteiger partial charge on any atom is -0.378 e. The molecule has 0 heterocycles. The van der Waals surface area contributed by atoms with Crippen molar-refractivity contribution >= 4 is 31.0 Å². The smallest absolute Gasteiger partial charge is 0.139 e.